The Labute approximate surface area is 169 Å². The largest absolute Gasteiger partial charge is 0.497 e. The lowest BCUT2D eigenvalue weighted by molar-refractivity contribution is 0.0706. The summed E-state index contributed by atoms with van der Waals surface area (Å²) in [7, 11) is 2.97. The van der Waals surface area contributed by atoms with E-state index < -0.39 is 23.7 Å². The first-order valence-corrected chi connectivity index (χ1v) is 9.09. The number of carbonyl (C=O) groups excluding carboxylic acids is 1. The molecule has 1 fully saturated rings. The van der Waals surface area contributed by atoms with Crippen LogP contribution in [-0.4, -0.2) is 50.9 Å². The van der Waals surface area contributed by atoms with Crippen LogP contribution in [0.3, 0.4) is 0 Å². The lowest BCUT2D eigenvalue weighted by Gasteiger charge is -2.17. The highest BCUT2D eigenvalue weighted by Gasteiger charge is 2.47. The lowest BCUT2D eigenvalue weighted by atomic mass is 10.1. The van der Waals surface area contributed by atoms with Gasteiger partial charge in [0.25, 0.3) is 18.2 Å². The van der Waals surface area contributed by atoms with Crippen LogP contribution in [0.1, 0.15) is 34.8 Å². The Morgan fingerprint density at radius 3 is 2.70 bits per heavy atom. The lowest BCUT2D eigenvalue weighted by Crippen LogP contribution is -2.32. The van der Waals surface area contributed by atoms with Crippen LogP contribution in [0.15, 0.2) is 35.0 Å². The number of hydrogen-bond donors (Lipinski definition) is 0. The van der Waals surface area contributed by atoms with Crippen LogP contribution in [0.5, 0.6) is 5.75 Å². The quantitative estimate of drug-likeness (QED) is 0.629. The molecule has 1 aromatic carbocycles. The molecule has 1 amide bonds. The molecule has 1 unspecified atom stereocenters. The molecule has 3 heterocycles. The van der Waals surface area contributed by atoms with E-state index >= 15 is 4.39 Å². The van der Waals surface area contributed by atoms with Gasteiger partial charge in [0.2, 0.25) is 11.5 Å². The normalized spacial score (nSPS) is 18.9. The average molecular weight is 421 g/mol. The minimum atomic E-state index is -2.91. The third kappa shape index (κ3) is 3.51. The number of hydrogen-bond acceptors (Lipinski definition) is 6. The highest BCUT2D eigenvalue weighted by Crippen LogP contribution is 2.37. The van der Waals surface area contributed by atoms with Crippen LogP contribution in [0.2, 0.25) is 0 Å². The number of aryl methyl sites for hydroxylation is 1. The first-order valence-electron chi connectivity index (χ1n) is 9.09. The first kappa shape index (κ1) is 19.9. The number of carbonyl (C=O) groups is 1. The van der Waals surface area contributed by atoms with Crippen LogP contribution < -0.4 is 4.74 Å². The molecular formula is C19H18F3N5O3. The van der Waals surface area contributed by atoms with Crippen LogP contribution in [0.25, 0.3) is 11.4 Å². The summed E-state index contributed by atoms with van der Waals surface area (Å²) in [6.45, 7) is -0.360. The molecule has 1 aliphatic rings. The van der Waals surface area contributed by atoms with E-state index in [9.17, 15) is 13.6 Å². The third-order valence-corrected chi connectivity index (χ3v) is 4.96. The van der Waals surface area contributed by atoms with Crippen molar-refractivity contribution in [1.82, 2.24) is 24.8 Å². The van der Waals surface area contributed by atoms with Gasteiger partial charge < -0.3 is 14.2 Å². The predicted molar refractivity (Wildman–Crippen MR) is 97.8 cm³/mol. The Morgan fingerprint density at radius 2 is 2.03 bits per heavy atom. The van der Waals surface area contributed by atoms with Gasteiger partial charge >= 0.3 is 0 Å². The standard InChI is InChI=1S/C19H18F3N5O3/c1-26-9-13(14(24-26)15(20)21)17(28)27-8-7-19(22,10-27)18-23-16(25-30-18)11-3-5-12(29-2)6-4-11/h3-6,9,15H,7-8,10H2,1-2H3. The van der Waals surface area contributed by atoms with Gasteiger partial charge in [-0.3, -0.25) is 9.48 Å². The van der Waals surface area contributed by atoms with Gasteiger partial charge in [-0.1, -0.05) is 5.16 Å². The highest BCUT2D eigenvalue weighted by molar-refractivity contribution is 5.95. The van der Waals surface area contributed by atoms with E-state index in [1.807, 2.05) is 0 Å². The molecule has 0 N–H and O–H groups in total. The van der Waals surface area contributed by atoms with Crippen molar-refractivity contribution in [3.63, 3.8) is 0 Å². The van der Waals surface area contributed by atoms with Gasteiger partial charge in [-0.05, 0) is 24.3 Å². The zero-order valence-electron chi connectivity index (χ0n) is 16.2. The summed E-state index contributed by atoms with van der Waals surface area (Å²) in [4.78, 5) is 18.0. The fourth-order valence-corrected chi connectivity index (χ4v) is 3.39. The number of ether oxygens (including phenoxy) is 1. The molecule has 2 aromatic heterocycles. The number of nitrogens with zero attached hydrogens (tertiary/aromatic N) is 5. The summed E-state index contributed by atoms with van der Waals surface area (Å²) >= 11 is 0. The number of aromatic nitrogens is 4. The molecule has 1 atom stereocenters. The first-order chi connectivity index (χ1) is 14.3. The molecule has 4 rings (SSSR count). The van der Waals surface area contributed by atoms with E-state index in [0.717, 1.165) is 9.58 Å². The van der Waals surface area contributed by atoms with Crippen molar-refractivity contribution < 1.29 is 27.2 Å². The Morgan fingerprint density at radius 1 is 1.30 bits per heavy atom. The van der Waals surface area contributed by atoms with Gasteiger partial charge in [0.1, 0.15) is 11.4 Å². The van der Waals surface area contributed by atoms with E-state index in [4.69, 9.17) is 9.26 Å². The minimum absolute atomic E-state index is 0.0210. The zero-order valence-corrected chi connectivity index (χ0v) is 16.2. The zero-order chi connectivity index (χ0) is 21.5. The molecule has 0 bridgehead atoms. The Hall–Kier alpha value is -3.37. The van der Waals surface area contributed by atoms with Crippen molar-refractivity contribution >= 4 is 5.91 Å². The summed E-state index contributed by atoms with van der Waals surface area (Å²) in [6.07, 6.45) is -1.80. The number of rotatable bonds is 5. The molecule has 1 saturated heterocycles. The van der Waals surface area contributed by atoms with Gasteiger partial charge in [0, 0.05) is 31.8 Å². The predicted octanol–water partition coefficient (Wildman–Crippen LogP) is 3.13. The second kappa shape index (κ2) is 7.47. The van der Waals surface area contributed by atoms with Crippen molar-refractivity contribution in [2.45, 2.75) is 18.5 Å². The fraction of sp³-hybridized carbons (Fsp3) is 0.368. The van der Waals surface area contributed by atoms with Gasteiger partial charge in [-0.25, -0.2) is 13.2 Å². The summed E-state index contributed by atoms with van der Waals surface area (Å²) in [6, 6.07) is 6.83. The monoisotopic (exact) mass is 421 g/mol. The highest BCUT2D eigenvalue weighted by atomic mass is 19.3. The van der Waals surface area contributed by atoms with Crippen LogP contribution in [0, 0.1) is 0 Å². The van der Waals surface area contributed by atoms with E-state index in [1.165, 1.54) is 20.4 Å². The van der Waals surface area contributed by atoms with Gasteiger partial charge in [-0.2, -0.15) is 10.1 Å². The fourth-order valence-electron chi connectivity index (χ4n) is 3.39. The van der Waals surface area contributed by atoms with Crippen molar-refractivity contribution in [3.05, 3.63) is 47.6 Å². The van der Waals surface area contributed by atoms with Gasteiger partial charge in [0.15, 0.2) is 0 Å². The van der Waals surface area contributed by atoms with Crippen molar-refractivity contribution in [3.8, 4) is 17.1 Å². The Balaban J connectivity index is 1.53. The molecular weight excluding hydrogens is 403 g/mol. The van der Waals surface area contributed by atoms with Crippen LogP contribution in [0.4, 0.5) is 13.2 Å². The molecule has 1 aliphatic heterocycles. The Bertz CT molecular complexity index is 1070. The van der Waals surface area contributed by atoms with E-state index in [2.05, 4.69) is 15.2 Å². The third-order valence-electron chi connectivity index (χ3n) is 4.96. The Kier molecular flexibility index (Phi) is 4.96. The molecule has 11 heteroatoms. The van der Waals surface area contributed by atoms with Gasteiger partial charge in [0.05, 0.1) is 19.2 Å². The maximum Gasteiger partial charge on any atom is 0.282 e. The second-order valence-corrected chi connectivity index (χ2v) is 7.00. The van der Waals surface area contributed by atoms with Gasteiger partial charge in [-0.15, -0.1) is 0 Å². The van der Waals surface area contributed by atoms with E-state index in [-0.39, 0.29) is 36.8 Å². The van der Waals surface area contributed by atoms with Crippen LogP contribution in [-0.2, 0) is 12.7 Å². The minimum Gasteiger partial charge on any atom is -0.497 e. The summed E-state index contributed by atoms with van der Waals surface area (Å²) in [5, 5.41) is 7.44. The maximum absolute atomic E-state index is 15.5. The molecule has 30 heavy (non-hydrogen) atoms. The smallest absolute Gasteiger partial charge is 0.282 e. The number of halogens is 3. The maximum atomic E-state index is 15.5. The van der Waals surface area contributed by atoms with Crippen molar-refractivity contribution in [2.75, 3.05) is 20.2 Å². The van der Waals surface area contributed by atoms with Crippen molar-refractivity contribution in [1.29, 1.82) is 0 Å². The number of methoxy groups -OCH3 is 1. The molecule has 158 valence electrons. The number of alkyl halides is 3. The second-order valence-electron chi connectivity index (χ2n) is 7.00. The molecule has 3 aromatic rings. The molecule has 0 radical (unpaired) electrons. The van der Waals surface area contributed by atoms with E-state index in [0.29, 0.717) is 11.3 Å². The number of amides is 1. The van der Waals surface area contributed by atoms with E-state index in [1.54, 1.807) is 24.3 Å². The van der Waals surface area contributed by atoms with Crippen molar-refractivity contribution in [2.24, 2.45) is 7.05 Å². The molecule has 8 nitrogen and oxygen atoms in total. The molecule has 0 saturated carbocycles. The number of benzene rings is 1. The molecule has 0 spiro atoms. The average Bonchev–Trinajstić information content (AvgIpc) is 3.46. The molecule has 0 aliphatic carbocycles. The summed E-state index contributed by atoms with van der Waals surface area (Å²) < 4.78 is 53.2. The summed E-state index contributed by atoms with van der Waals surface area (Å²) in [5.74, 6) is -0.133. The SMILES string of the molecule is COc1ccc(-c2noc(C3(F)CCN(C(=O)c4cn(C)nc4C(F)F)C3)n2)cc1. The summed E-state index contributed by atoms with van der Waals surface area (Å²) in [5.41, 5.74) is -2.34. The van der Waals surface area contributed by atoms with Crippen LogP contribution >= 0.6 is 0 Å². The number of likely N-dealkylation sites (tertiary alicyclic amines) is 1. The topological polar surface area (TPSA) is 86.3 Å².